The van der Waals surface area contributed by atoms with Crippen molar-refractivity contribution in [1.82, 2.24) is 10.3 Å². The van der Waals surface area contributed by atoms with Crippen LogP contribution in [0.2, 0.25) is 0 Å². The Morgan fingerprint density at radius 3 is 2.48 bits per heavy atom. The van der Waals surface area contributed by atoms with Gasteiger partial charge in [0.15, 0.2) is 0 Å². The highest BCUT2D eigenvalue weighted by molar-refractivity contribution is 5.83. The zero-order valence-corrected chi connectivity index (χ0v) is 16.3. The molecule has 3 rings (SSSR count). The van der Waals surface area contributed by atoms with Crippen molar-refractivity contribution in [2.75, 3.05) is 32.8 Å². The molecule has 2 aromatic rings. The van der Waals surface area contributed by atoms with Crippen LogP contribution in [0, 0.1) is 20.2 Å². The molecule has 0 spiro atoms. The van der Waals surface area contributed by atoms with Gasteiger partial charge in [-0.3, -0.25) is 29.9 Å². The van der Waals surface area contributed by atoms with E-state index in [0.717, 1.165) is 12.1 Å². The highest BCUT2D eigenvalue weighted by Gasteiger charge is 2.21. The van der Waals surface area contributed by atoms with Gasteiger partial charge in [0.05, 0.1) is 41.9 Å². The summed E-state index contributed by atoms with van der Waals surface area (Å²) < 4.78 is 10.7. The first-order valence-electron chi connectivity index (χ1n) is 9.25. The first-order chi connectivity index (χ1) is 14.9. The van der Waals surface area contributed by atoms with E-state index < -0.39 is 21.2 Å². The monoisotopic (exact) mass is 429 g/mol. The maximum atomic E-state index is 11.9. The quantitative estimate of drug-likeness (QED) is 0.381. The normalized spacial score (nSPS) is 14.3. The summed E-state index contributed by atoms with van der Waals surface area (Å²) in [6.07, 6.45) is 1.45. The predicted molar refractivity (Wildman–Crippen MR) is 109 cm³/mol. The number of ether oxygens (including phenoxy) is 2. The number of hydrazone groups is 1. The molecule has 0 radical (unpaired) electrons. The molecule has 1 amide bonds. The van der Waals surface area contributed by atoms with E-state index in [9.17, 15) is 25.0 Å². The molecule has 0 bridgehead atoms. The van der Waals surface area contributed by atoms with Gasteiger partial charge in [-0.15, -0.1) is 0 Å². The van der Waals surface area contributed by atoms with Gasteiger partial charge in [-0.25, -0.2) is 5.43 Å². The van der Waals surface area contributed by atoms with Crippen molar-refractivity contribution in [2.24, 2.45) is 5.10 Å². The molecule has 1 aliphatic rings. The van der Waals surface area contributed by atoms with Gasteiger partial charge in [0.2, 0.25) is 5.75 Å². The van der Waals surface area contributed by atoms with E-state index in [4.69, 9.17) is 9.47 Å². The van der Waals surface area contributed by atoms with Crippen LogP contribution >= 0.6 is 0 Å². The van der Waals surface area contributed by atoms with Crippen molar-refractivity contribution in [3.8, 4) is 11.5 Å². The van der Waals surface area contributed by atoms with Crippen LogP contribution in [0.3, 0.4) is 0 Å². The third kappa shape index (κ3) is 6.29. The van der Waals surface area contributed by atoms with Gasteiger partial charge in [0.25, 0.3) is 11.6 Å². The highest BCUT2D eigenvalue weighted by Crippen LogP contribution is 2.34. The molecule has 1 aliphatic heterocycles. The summed E-state index contributed by atoms with van der Waals surface area (Å²) in [7, 11) is 0. The average molecular weight is 429 g/mol. The molecule has 0 aliphatic carbocycles. The fourth-order valence-corrected chi connectivity index (χ4v) is 2.77. The minimum atomic E-state index is -0.747. The van der Waals surface area contributed by atoms with Crippen LogP contribution in [0.25, 0.3) is 0 Å². The van der Waals surface area contributed by atoms with Gasteiger partial charge >= 0.3 is 5.69 Å². The van der Waals surface area contributed by atoms with Crippen molar-refractivity contribution < 1.29 is 24.1 Å². The zero-order valence-electron chi connectivity index (χ0n) is 16.3. The third-order valence-corrected chi connectivity index (χ3v) is 4.33. The number of hydrogen-bond acceptors (Lipinski definition) is 9. The second kappa shape index (κ2) is 10.2. The molecule has 12 heteroatoms. The highest BCUT2D eigenvalue weighted by atomic mass is 16.6. The standard InChI is InChI=1S/C19H19N5O7/c25-19(13-22-7-9-30-10-8-22)21-20-12-14-1-4-16(5-2-14)31-18-6-3-15(23(26)27)11-17(18)24(28)29/h1-6,11-12H,7-10,13H2,(H,21,25)/b20-12-. The molecular weight excluding hydrogens is 410 g/mol. The average Bonchev–Trinajstić information content (AvgIpc) is 2.75. The number of morpholine rings is 1. The van der Waals surface area contributed by atoms with E-state index in [0.29, 0.717) is 37.6 Å². The van der Waals surface area contributed by atoms with E-state index in [1.807, 2.05) is 4.90 Å². The molecule has 31 heavy (non-hydrogen) atoms. The second-order valence-electron chi connectivity index (χ2n) is 6.52. The smallest absolute Gasteiger partial charge is 0.318 e. The van der Waals surface area contributed by atoms with Gasteiger partial charge in [0, 0.05) is 19.2 Å². The topological polar surface area (TPSA) is 149 Å². The van der Waals surface area contributed by atoms with Crippen LogP contribution in [0.4, 0.5) is 11.4 Å². The summed E-state index contributed by atoms with van der Waals surface area (Å²) >= 11 is 0. The lowest BCUT2D eigenvalue weighted by Crippen LogP contribution is -2.42. The molecule has 1 heterocycles. The summed E-state index contributed by atoms with van der Waals surface area (Å²) in [6.45, 7) is 2.85. The number of nitro benzene ring substituents is 2. The first-order valence-corrected chi connectivity index (χ1v) is 9.25. The minimum Gasteiger partial charge on any atom is -0.450 e. The van der Waals surface area contributed by atoms with Crippen molar-refractivity contribution in [3.63, 3.8) is 0 Å². The van der Waals surface area contributed by atoms with Gasteiger partial charge in [0.1, 0.15) is 5.75 Å². The molecule has 162 valence electrons. The Bertz CT molecular complexity index is 988. The molecule has 0 aromatic heterocycles. The van der Waals surface area contributed by atoms with E-state index in [1.165, 1.54) is 12.3 Å². The van der Waals surface area contributed by atoms with Gasteiger partial charge in [-0.2, -0.15) is 5.10 Å². The minimum absolute atomic E-state index is 0.118. The van der Waals surface area contributed by atoms with E-state index in [2.05, 4.69) is 10.5 Å². The lowest BCUT2D eigenvalue weighted by molar-refractivity contribution is -0.394. The maximum absolute atomic E-state index is 11.9. The lowest BCUT2D eigenvalue weighted by Gasteiger charge is -2.25. The Morgan fingerprint density at radius 1 is 1.13 bits per heavy atom. The lowest BCUT2D eigenvalue weighted by atomic mass is 10.2. The Hall–Kier alpha value is -3.90. The fourth-order valence-electron chi connectivity index (χ4n) is 2.77. The summed E-state index contributed by atoms with van der Waals surface area (Å²) in [4.78, 5) is 34.4. The number of benzene rings is 2. The molecule has 1 saturated heterocycles. The summed E-state index contributed by atoms with van der Waals surface area (Å²) in [5, 5.41) is 25.9. The molecule has 1 fully saturated rings. The van der Waals surface area contributed by atoms with Crippen LogP contribution in [0.1, 0.15) is 5.56 Å². The molecular formula is C19H19N5O7. The van der Waals surface area contributed by atoms with Crippen molar-refractivity contribution >= 4 is 23.5 Å². The number of hydrogen-bond donors (Lipinski definition) is 1. The SMILES string of the molecule is O=C(CN1CCOCC1)N/N=C\c1ccc(Oc2ccc([N+](=O)[O-])cc2[N+](=O)[O-])cc1. The third-order valence-electron chi connectivity index (χ3n) is 4.33. The van der Waals surface area contributed by atoms with Gasteiger partial charge in [-0.05, 0) is 35.9 Å². The van der Waals surface area contributed by atoms with Crippen LogP contribution in [-0.2, 0) is 9.53 Å². The van der Waals surface area contributed by atoms with E-state index in [-0.39, 0.29) is 18.2 Å². The molecule has 12 nitrogen and oxygen atoms in total. The number of nitrogens with zero attached hydrogens (tertiary/aromatic N) is 4. The predicted octanol–water partition coefficient (Wildman–Crippen LogP) is 2.08. The van der Waals surface area contributed by atoms with Crippen LogP contribution in [0.5, 0.6) is 11.5 Å². The first kappa shape index (κ1) is 21.8. The number of carbonyl (C=O) groups excluding carboxylic acids is 1. The largest absolute Gasteiger partial charge is 0.450 e. The van der Waals surface area contributed by atoms with Crippen molar-refractivity contribution in [1.29, 1.82) is 0 Å². The Labute approximate surface area is 176 Å². The number of nitrogens with one attached hydrogen (secondary N) is 1. The van der Waals surface area contributed by atoms with Crippen molar-refractivity contribution in [2.45, 2.75) is 0 Å². The Balaban J connectivity index is 1.57. The van der Waals surface area contributed by atoms with Crippen LogP contribution in [0.15, 0.2) is 47.6 Å². The molecule has 0 atom stereocenters. The van der Waals surface area contributed by atoms with E-state index >= 15 is 0 Å². The van der Waals surface area contributed by atoms with Crippen LogP contribution < -0.4 is 10.2 Å². The van der Waals surface area contributed by atoms with E-state index in [1.54, 1.807) is 24.3 Å². The number of carbonyl (C=O) groups is 1. The molecule has 2 aromatic carbocycles. The number of nitro groups is 2. The number of rotatable bonds is 8. The summed E-state index contributed by atoms with van der Waals surface area (Å²) in [5.41, 5.74) is 2.21. The number of amides is 1. The Morgan fingerprint density at radius 2 is 1.84 bits per heavy atom. The van der Waals surface area contributed by atoms with Gasteiger partial charge < -0.3 is 9.47 Å². The Kier molecular flexibility index (Phi) is 7.19. The fraction of sp³-hybridized carbons (Fsp3) is 0.263. The van der Waals surface area contributed by atoms with Crippen molar-refractivity contribution in [3.05, 3.63) is 68.3 Å². The molecule has 1 N–H and O–H groups in total. The summed E-state index contributed by atoms with van der Waals surface area (Å²) in [5.74, 6) is -0.0542. The molecule has 0 saturated carbocycles. The maximum Gasteiger partial charge on any atom is 0.318 e. The summed E-state index contributed by atoms with van der Waals surface area (Å²) in [6, 6.07) is 9.55. The van der Waals surface area contributed by atoms with Crippen LogP contribution in [-0.4, -0.2) is 59.7 Å². The zero-order chi connectivity index (χ0) is 22.2. The number of non-ortho nitro benzene ring substituents is 1. The molecule has 0 unspecified atom stereocenters. The van der Waals surface area contributed by atoms with Gasteiger partial charge in [-0.1, -0.05) is 0 Å². The second-order valence-corrected chi connectivity index (χ2v) is 6.52.